The second kappa shape index (κ2) is 7.43. The van der Waals surface area contributed by atoms with E-state index in [0.29, 0.717) is 24.7 Å². The van der Waals surface area contributed by atoms with Gasteiger partial charge in [0, 0.05) is 19.2 Å². The van der Waals surface area contributed by atoms with Crippen molar-refractivity contribution in [1.29, 1.82) is 0 Å². The monoisotopic (exact) mass is 318 g/mol. The van der Waals surface area contributed by atoms with Crippen LogP contribution < -0.4 is 10.6 Å². The van der Waals surface area contributed by atoms with Gasteiger partial charge in [0.2, 0.25) is 0 Å². The number of aliphatic hydroxyl groups excluding tert-OH is 1. The number of aromatic nitrogens is 2. The van der Waals surface area contributed by atoms with Crippen LogP contribution in [0.4, 0.5) is 11.6 Å². The van der Waals surface area contributed by atoms with Crippen molar-refractivity contribution < 1.29 is 14.3 Å². The Bertz CT molecular complexity index is 625. The molecule has 3 heterocycles. The van der Waals surface area contributed by atoms with Gasteiger partial charge in [-0.05, 0) is 31.9 Å². The van der Waals surface area contributed by atoms with E-state index in [0.717, 1.165) is 31.0 Å². The van der Waals surface area contributed by atoms with E-state index < -0.39 is 6.10 Å². The second-order valence-corrected chi connectivity index (χ2v) is 5.69. The molecule has 1 fully saturated rings. The maximum absolute atomic E-state index is 10.1. The third kappa shape index (κ3) is 4.43. The quantitative estimate of drug-likeness (QED) is 0.751. The van der Waals surface area contributed by atoms with Crippen LogP contribution >= 0.6 is 0 Å². The van der Waals surface area contributed by atoms with Gasteiger partial charge in [0.25, 0.3) is 0 Å². The molecule has 0 aromatic carbocycles. The summed E-state index contributed by atoms with van der Waals surface area (Å²) in [5.74, 6) is 2.73. The first kappa shape index (κ1) is 15.8. The van der Waals surface area contributed by atoms with E-state index in [1.54, 1.807) is 6.07 Å². The molecule has 23 heavy (non-hydrogen) atoms. The van der Waals surface area contributed by atoms with Gasteiger partial charge in [-0.2, -0.15) is 0 Å². The van der Waals surface area contributed by atoms with Gasteiger partial charge >= 0.3 is 0 Å². The van der Waals surface area contributed by atoms with Crippen molar-refractivity contribution in [1.82, 2.24) is 9.97 Å². The fourth-order valence-electron chi connectivity index (χ4n) is 2.53. The lowest BCUT2D eigenvalue weighted by atomic mass is 10.1. The number of nitrogens with one attached hydrogen (secondary N) is 2. The van der Waals surface area contributed by atoms with Crippen LogP contribution in [0, 0.1) is 6.92 Å². The van der Waals surface area contributed by atoms with Crippen LogP contribution in [0.3, 0.4) is 0 Å². The summed E-state index contributed by atoms with van der Waals surface area (Å²) < 4.78 is 10.9. The van der Waals surface area contributed by atoms with Gasteiger partial charge in [0.05, 0.1) is 12.6 Å². The van der Waals surface area contributed by atoms with E-state index in [4.69, 9.17) is 9.15 Å². The number of nitrogens with zero attached hydrogens (tertiary/aromatic N) is 2. The highest BCUT2D eigenvalue weighted by Gasteiger charge is 2.15. The first-order chi connectivity index (χ1) is 11.2. The summed E-state index contributed by atoms with van der Waals surface area (Å²) in [6.45, 7) is 3.69. The van der Waals surface area contributed by atoms with Crippen molar-refractivity contribution in [3.63, 3.8) is 0 Å². The van der Waals surface area contributed by atoms with Gasteiger partial charge < -0.3 is 24.9 Å². The Hall–Kier alpha value is -2.12. The number of ether oxygens (including phenoxy) is 1. The van der Waals surface area contributed by atoms with Crippen LogP contribution in [0.25, 0.3) is 0 Å². The lowest BCUT2D eigenvalue weighted by molar-refractivity contribution is 0.0875. The maximum atomic E-state index is 10.1. The van der Waals surface area contributed by atoms with Crippen LogP contribution in [0.5, 0.6) is 0 Å². The average Bonchev–Trinajstić information content (AvgIpc) is 3.01. The number of anilines is 2. The zero-order chi connectivity index (χ0) is 16.1. The number of hydrogen-bond acceptors (Lipinski definition) is 7. The molecule has 0 bridgehead atoms. The zero-order valence-corrected chi connectivity index (χ0v) is 13.2. The van der Waals surface area contributed by atoms with Crippen molar-refractivity contribution in [2.45, 2.75) is 31.9 Å². The number of rotatable bonds is 6. The lowest BCUT2D eigenvalue weighted by Crippen LogP contribution is -2.30. The minimum atomic E-state index is -0.721. The van der Waals surface area contributed by atoms with Crippen molar-refractivity contribution in [2.75, 3.05) is 30.4 Å². The Kier molecular flexibility index (Phi) is 5.09. The molecule has 7 nitrogen and oxygen atoms in total. The molecule has 2 aromatic rings. The van der Waals surface area contributed by atoms with Gasteiger partial charge in [-0.25, -0.2) is 9.97 Å². The van der Waals surface area contributed by atoms with Gasteiger partial charge in [0.15, 0.2) is 0 Å². The summed E-state index contributed by atoms with van der Waals surface area (Å²) in [5, 5.41) is 16.5. The summed E-state index contributed by atoms with van der Waals surface area (Å²) in [4.78, 5) is 8.39. The Morgan fingerprint density at radius 1 is 1.35 bits per heavy atom. The van der Waals surface area contributed by atoms with Crippen molar-refractivity contribution in [3.8, 4) is 0 Å². The summed E-state index contributed by atoms with van der Waals surface area (Å²) in [7, 11) is 0. The highest BCUT2D eigenvalue weighted by molar-refractivity contribution is 5.47. The average molecular weight is 318 g/mol. The third-order valence-electron chi connectivity index (χ3n) is 3.75. The molecule has 7 heteroatoms. The molecule has 2 atom stereocenters. The fourth-order valence-corrected chi connectivity index (χ4v) is 2.53. The number of aryl methyl sites for hydroxylation is 1. The summed E-state index contributed by atoms with van der Waals surface area (Å²) in [6, 6.07) is 5.72. The molecule has 1 aliphatic heterocycles. The van der Waals surface area contributed by atoms with E-state index >= 15 is 0 Å². The highest BCUT2D eigenvalue weighted by atomic mass is 16.5. The Morgan fingerprint density at radius 2 is 2.22 bits per heavy atom. The molecule has 124 valence electrons. The Morgan fingerprint density at radius 3 is 2.96 bits per heavy atom. The van der Waals surface area contributed by atoms with Crippen LogP contribution in [0.1, 0.15) is 30.5 Å². The molecule has 1 aliphatic rings. The highest BCUT2D eigenvalue weighted by Crippen LogP contribution is 2.18. The van der Waals surface area contributed by atoms with E-state index in [1.165, 1.54) is 6.33 Å². The van der Waals surface area contributed by atoms with Crippen LogP contribution in [0.2, 0.25) is 0 Å². The molecular formula is C16H22N4O3. The largest absolute Gasteiger partial charge is 0.464 e. The number of aliphatic hydroxyl groups is 1. The van der Waals surface area contributed by atoms with E-state index in [2.05, 4.69) is 20.6 Å². The predicted octanol–water partition coefficient (Wildman–Crippen LogP) is 2.11. The molecule has 0 aliphatic carbocycles. The summed E-state index contributed by atoms with van der Waals surface area (Å²) in [6.07, 6.45) is 2.91. The van der Waals surface area contributed by atoms with E-state index in [1.807, 2.05) is 19.1 Å². The molecule has 2 aromatic heterocycles. The van der Waals surface area contributed by atoms with Gasteiger partial charge in [-0.1, -0.05) is 0 Å². The van der Waals surface area contributed by atoms with Crippen LogP contribution in [-0.4, -0.2) is 40.9 Å². The topological polar surface area (TPSA) is 92.4 Å². The van der Waals surface area contributed by atoms with Crippen molar-refractivity contribution >= 4 is 11.6 Å². The van der Waals surface area contributed by atoms with Crippen molar-refractivity contribution in [2.24, 2.45) is 0 Å². The summed E-state index contributed by atoms with van der Waals surface area (Å²) >= 11 is 0. The van der Waals surface area contributed by atoms with E-state index in [9.17, 15) is 5.11 Å². The molecule has 0 radical (unpaired) electrons. The van der Waals surface area contributed by atoms with Crippen LogP contribution in [0.15, 0.2) is 28.9 Å². The Balaban J connectivity index is 1.54. The normalized spacial score (nSPS) is 19.3. The van der Waals surface area contributed by atoms with Crippen molar-refractivity contribution in [3.05, 3.63) is 36.0 Å². The molecule has 1 saturated heterocycles. The molecule has 0 spiro atoms. The molecular weight excluding hydrogens is 296 g/mol. The smallest absolute Gasteiger partial charge is 0.134 e. The van der Waals surface area contributed by atoms with Gasteiger partial charge in [-0.3, -0.25) is 0 Å². The maximum Gasteiger partial charge on any atom is 0.134 e. The molecule has 0 unspecified atom stereocenters. The van der Waals surface area contributed by atoms with Crippen LogP contribution in [-0.2, 0) is 4.74 Å². The van der Waals surface area contributed by atoms with Gasteiger partial charge in [-0.15, -0.1) is 0 Å². The number of hydrogen-bond donors (Lipinski definition) is 3. The second-order valence-electron chi connectivity index (χ2n) is 5.69. The molecule has 3 N–H and O–H groups in total. The standard InChI is InChI=1S/C16H22N4O3/c1-11-4-5-14(23-11)13(21)8-17-15-7-16(19-10-18-15)20-12-3-2-6-22-9-12/h4-5,7,10,12-13,21H,2-3,6,8-9H2,1H3,(H2,17,18,19,20)/t12-,13+/m1/s1. The molecule has 3 rings (SSSR count). The number of furan rings is 1. The first-order valence-corrected chi connectivity index (χ1v) is 7.85. The third-order valence-corrected chi connectivity index (χ3v) is 3.75. The minimum Gasteiger partial charge on any atom is -0.464 e. The zero-order valence-electron chi connectivity index (χ0n) is 13.2. The molecule has 0 amide bonds. The molecule has 0 saturated carbocycles. The first-order valence-electron chi connectivity index (χ1n) is 7.85. The van der Waals surface area contributed by atoms with Gasteiger partial charge in [0.1, 0.15) is 35.6 Å². The minimum absolute atomic E-state index is 0.281. The van der Waals surface area contributed by atoms with E-state index in [-0.39, 0.29) is 6.04 Å². The SMILES string of the molecule is Cc1ccc([C@@H](O)CNc2cc(N[C@@H]3CCCOC3)ncn2)o1. The summed E-state index contributed by atoms with van der Waals surface area (Å²) in [5.41, 5.74) is 0. The fraction of sp³-hybridized carbons (Fsp3) is 0.500. The Labute approximate surface area is 135 Å². The lowest BCUT2D eigenvalue weighted by Gasteiger charge is -2.23. The predicted molar refractivity (Wildman–Crippen MR) is 86.4 cm³/mol.